The van der Waals surface area contributed by atoms with E-state index in [-0.39, 0.29) is 0 Å². The number of nitrogens with one attached hydrogen (secondary N) is 1. The van der Waals surface area contributed by atoms with Gasteiger partial charge in [-0.05, 0) is 37.6 Å². The van der Waals surface area contributed by atoms with Gasteiger partial charge in [0.15, 0.2) is 0 Å². The van der Waals surface area contributed by atoms with Crippen molar-refractivity contribution in [2.45, 2.75) is 13.8 Å². The summed E-state index contributed by atoms with van der Waals surface area (Å²) in [6.07, 6.45) is -0.451. The Morgan fingerprint density at radius 1 is 1.53 bits per heavy atom. The Bertz CT molecular complexity index is 458. The molecule has 0 bridgehead atoms. The van der Waals surface area contributed by atoms with E-state index in [1.165, 1.54) is 0 Å². The van der Waals surface area contributed by atoms with Crippen LogP contribution in [0.2, 0.25) is 0 Å². The average molecular weight is 232 g/mol. The summed E-state index contributed by atoms with van der Waals surface area (Å²) < 4.78 is 4.79. The van der Waals surface area contributed by atoms with E-state index in [2.05, 4.69) is 17.2 Å². The lowest BCUT2D eigenvalue weighted by Gasteiger charge is -2.06. The van der Waals surface area contributed by atoms with Gasteiger partial charge in [-0.25, -0.2) is 4.79 Å². The van der Waals surface area contributed by atoms with Crippen LogP contribution < -0.4 is 11.1 Å². The Hall–Kier alpha value is -1.99. The number of hydrogen-bond acceptors (Lipinski definition) is 3. The SMILES string of the molecule is CCOC(=O)Nc1ccc(C#CCN)c(C)c1. The first-order chi connectivity index (χ1) is 8.17. The summed E-state index contributed by atoms with van der Waals surface area (Å²) in [5.74, 6) is 5.75. The van der Waals surface area contributed by atoms with Crippen molar-refractivity contribution in [1.82, 2.24) is 0 Å². The standard InChI is InChI=1S/C13H16N2O2/c1-3-17-13(16)15-12-7-6-11(5-4-8-14)10(2)9-12/h6-7,9H,3,8,14H2,1-2H3,(H,15,16). The van der Waals surface area contributed by atoms with E-state index >= 15 is 0 Å². The summed E-state index contributed by atoms with van der Waals surface area (Å²) in [7, 11) is 0. The van der Waals surface area contributed by atoms with E-state index in [1.807, 2.05) is 19.1 Å². The molecule has 0 aromatic heterocycles. The third-order valence-electron chi connectivity index (χ3n) is 2.07. The van der Waals surface area contributed by atoms with Gasteiger partial charge in [-0.1, -0.05) is 11.8 Å². The lowest BCUT2D eigenvalue weighted by atomic mass is 10.1. The van der Waals surface area contributed by atoms with E-state index in [9.17, 15) is 4.79 Å². The molecule has 0 saturated heterocycles. The Balaban J connectivity index is 2.78. The second kappa shape index (κ2) is 6.56. The molecule has 0 aliphatic rings. The first-order valence-corrected chi connectivity index (χ1v) is 5.40. The number of amides is 1. The maximum atomic E-state index is 11.2. The molecular weight excluding hydrogens is 216 g/mol. The highest BCUT2D eigenvalue weighted by Gasteiger charge is 2.03. The second-order valence-electron chi connectivity index (χ2n) is 3.38. The monoisotopic (exact) mass is 232 g/mol. The molecule has 3 N–H and O–H groups in total. The molecule has 0 heterocycles. The van der Waals surface area contributed by atoms with Crippen molar-refractivity contribution in [2.24, 2.45) is 5.73 Å². The first-order valence-electron chi connectivity index (χ1n) is 5.40. The van der Waals surface area contributed by atoms with Crippen LogP contribution >= 0.6 is 0 Å². The molecule has 1 aromatic rings. The van der Waals surface area contributed by atoms with Crippen LogP contribution in [0.4, 0.5) is 10.5 Å². The minimum absolute atomic E-state index is 0.336. The lowest BCUT2D eigenvalue weighted by molar-refractivity contribution is 0.168. The van der Waals surface area contributed by atoms with Gasteiger partial charge < -0.3 is 10.5 Å². The third-order valence-corrected chi connectivity index (χ3v) is 2.07. The first kappa shape index (κ1) is 13.1. The molecule has 4 heteroatoms. The van der Waals surface area contributed by atoms with Crippen LogP contribution in [0.3, 0.4) is 0 Å². The van der Waals surface area contributed by atoms with Gasteiger partial charge >= 0.3 is 6.09 Å². The van der Waals surface area contributed by atoms with E-state index in [0.29, 0.717) is 18.8 Å². The maximum Gasteiger partial charge on any atom is 0.411 e. The third kappa shape index (κ3) is 4.17. The molecule has 1 rings (SSSR count). The Morgan fingerprint density at radius 2 is 2.29 bits per heavy atom. The van der Waals surface area contributed by atoms with Gasteiger partial charge in [-0.15, -0.1) is 0 Å². The van der Waals surface area contributed by atoms with Crippen molar-refractivity contribution in [3.63, 3.8) is 0 Å². The van der Waals surface area contributed by atoms with Crippen molar-refractivity contribution < 1.29 is 9.53 Å². The molecule has 0 aliphatic heterocycles. The number of ether oxygens (including phenoxy) is 1. The molecule has 0 atom stereocenters. The summed E-state index contributed by atoms with van der Waals surface area (Å²) >= 11 is 0. The fourth-order valence-electron chi connectivity index (χ4n) is 1.31. The largest absolute Gasteiger partial charge is 0.450 e. The highest BCUT2D eigenvalue weighted by Crippen LogP contribution is 2.14. The van der Waals surface area contributed by atoms with Crippen LogP contribution in [0.1, 0.15) is 18.1 Å². The summed E-state index contributed by atoms with van der Waals surface area (Å²) in [6.45, 7) is 4.38. The minimum atomic E-state index is -0.451. The van der Waals surface area contributed by atoms with Crippen molar-refractivity contribution in [3.05, 3.63) is 29.3 Å². The quantitative estimate of drug-likeness (QED) is 0.765. The molecule has 0 fully saturated rings. The van der Waals surface area contributed by atoms with Crippen LogP contribution in [0.5, 0.6) is 0 Å². The van der Waals surface area contributed by atoms with Crippen molar-refractivity contribution >= 4 is 11.8 Å². The van der Waals surface area contributed by atoms with E-state index in [0.717, 1.165) is 11.1 Å². The number of carbonyl (C=O) groups is 1. The summed E-state index contributed by atoms with van der Waals surface area (Å²) in [4.78, 5) is 11.2. The number of hydrogen-bond donors (Lipinski definition) is 2. The predicted octanol–water partition coefficient (Wildman–Crippen LogP) is 1.87. The average Bonchev–Trinajstić information content (AvgIpc) is 2.28. The molecule has 0 radical (unpaired) electrons. The van der Waals surface area contributed by atoms with Crippen molar-refractivity contribution in [1.29, 1.82) is 0 Å². The maximum absolute atomic E-state index is 11.2. The molecule has 1 aromatic carbocycles. The predicted molar refractivity (Wildman–Crippen MR) is 67.8 cm³/mol. The number of carbonyl (C=O) groups excluding carboxylic acids is 1. The zero-order valence-electron chi connectivity index (χ0n) is 10.0. The van der Waals surface area contributed by atoms with Gasteiger partial charge in [-0.2, -0.15) is 0 Å². The highest BCUT2D eigenvalue weighted by molar-refractivity contribution is 5.84. The van der Waals surface area contributed by atoms with Crippen LogP contribution in [0, 0.1) is 18.8 Å². The molecule has 4 nitrogen and oxygen atoms in total. The Morgan fingerprint density at radius 3 is 2.88 bits per heavy atom. The Kier molecular flexibility index (Phi) is 5.05. The van der Waals surface area contributed by atoms with Gasteiger partial charge in [0.05, 0.1) is 13.2 Å². The van der Waals surface area contributed by atoms with Gasteiger partial charge in [0.2, 0.25) is 0 Å². The molecule has 1 amide bonds. The molecule has 0 spiro atoms. The van der Waals surface area contributed by atoms with E-state index in [4.69, 9.17) is 10.5 Å². The highest BCUT2D eigenvalue weighted by atomic mass is 16.5. The fourth-order valence-corrected chi connectivity index (χ4v) is 1.31. The Labute approximate surface area is 101 Å². The van der Waals surface area contributed by atoms with Crippen LogP contribution in [-0.2, 0) is 4.74 Å². The molecule has 90 valence electrons. The zero-order chi connectivity index (χ0) is 12.7. The molecule has 0 unspecified atom stereocenters. The normalized spacial score (nSPS) is 9.12. The van der Waals surface area contributed by atoms with Crippen molar-refractivity contribution in [3.8, 4) is 11.8 Å². The van der Waals surface area contributed by atoms with Gasteiger partial charge in [0.1, 0.15) is 0 Å². The molecule has 17 heavy (non-hydrogen) atoms. The van der Waals surface area contributed by atoms with Gasteiger partial charge in [-0.3, -0.25) is 5.32 Å². The lowest BCUT2D eigenvalue weighted by Crippen LogP contribution is -2.13. The zero-order valence-corrected chi connectivity index (χ0v) is 10.0. The number of rotatable bonds is 2. The van der Waals surface area contributed by atoms with Crippen LogP contribution in [0.15, 0.2) is 18.2 Å². The minimum Gasteiger partial charge on any atom is -0.450 e. The summed E-state index contributed by atoms with van der Waals surface area (Å²) in [5, 5.41) is 2.63. The van der Waals surface area contributed by atoms with E-state index < -0.39 is 6.09 Å². The van der Waals surface area contributed by atoms with E-state index in [1.54, 1.807) is 13.0 Å². The number of anilines is 1. The second-order valence-corrected chi connectivity index (χ2v) is 3.38. The number of aryl methyl sites for hydroxylation is 1. The number of benzene rings is 1. The molecule has 0 saturated carbocycles. The van der Waals surface area contributed by atoms with Gasteiger partial charge in [0, 0.05) is 11.3 Å². The topological polar surface area (TPSA) is 64.3 Å². The molecular formula is C13H16N2O2. The van der Waals surface area contributed by atoms with Gasteiger partial charge in [0.25, 0.3) is 0 Å². The fraction of sp³-hybridized carbons (Fsp3) is 0.308. The van der Waals surface area contributed by atoms with Crippen molar-refractivity contribution in [2.75, 3.05) is 18.5 Å². The summed E-state index contributed by atoms with van der Waals surface area (Å²) in [6, 6.07) is 5.47. The smallest absolute Gasteiger partial charge is 0.411 e. The van der Waals surface area contributed by atoms with Crippen LogP contribution in [0.25, 0.3) is 0 Å². The molecule has 0 aliphatic carbocycles. The van der Waals surface area contributed by atoms with Crippen LogP contribution in [-0.4, -0.2) is 19.2 Å². The summed E-state index contributed by atoms with van der Waals surface area (Å²) in [5.41, 5.74) is 7.90. The number of nitrogens with two attached hydrogens (primary N) is 1.